The second-order valence-electron chi connectivity index (χ2n) is 5.58. The van der Waals surface area contributed by atoms with Gasteiger partial charge in [0.05, 0.1) is 5.75 Å². The minimum atomic E-state index is -3.08. The lowest BCUT2D eigenvalue weighted by molar-refractivity contribution is 0.391. The Hall–Kier alpha value is -0.870. The molecule has 1 aliphatic rings. The number of hydrogen-bond donors (Lipinski definition) is 0. The predicted molar refractivity (Wildman–Crippen MR) is 78.7 cm³/mol. The Morgan fingerprint density at radius 3 is 2.63 bits per heavy atom. The fourth-order valence-electron chi connectivity index (χ4n) is 2.53. The summed E-state index contributed by atoms with van der Waals surface area (Å²) in [6.45, 7) is 7.40. The van der Waals surface area contributed by atoms with Gasteiger partial charge in [-0.2, -0.15) is 4.31 Å². The summed E-state index contributed by atoms with van der Waals surface area (Å²) in [5.41, 5.74) is 3.76. The molecule has 0 aromatic heterocycles. The van der Waals surface area contributed by atoms with E-state index in [0.29, 0.717) is 25.4 Å². The summed E-state index contributed by atoms with van der Waals surface area (Å²) in [7, 11) is -3.08. The van der Waals surface area contributed by atoms with Crippen LogP contribution in [-0.4, -0.2) is 25.0 Å². The van der Waals surface area contributed by atoms with Crippen LogP contribution in [0.1, 0.15) is 49.8 Å². The summed E-state index contributed by atoms with van der Waals surface area (Å²) in [6, 6.07) is 6.50. The van der Waals surface area contributed by atoms with Gasteiger partial charge in [0.25, 0.3) is 0 Å². The molecule has 0 spiro atoms. The molecular formula is C15H23NO2S. The van der Waals surface area contributed by atoms with Crippen molar-refractivity contribution in [3.63, 3.8) is 0 Å². The topological polar surface area (TPSA) is 37.4 Å². The van der Waals surface area contributed by atoms with Crippen LogP contribution in [0, 0.1) is 0 Å². The first kappa shape index (κ1) is 14.5. The number of benzene rings is 1. The molecule has 1 aromatic carbocycles. The first-order chi connectivity index (χ1) is 8.94. The summed E-state index contributed by atoms with van der Waals surface area (Å²) < 4.78 is 25.9. The van der Waals surface area contributed by atoms with Crippen LogP contribution in [0.3, 0.4) is 0 Å². The van der Waals surface area contributed by atoms with Gasteiger partial charge in [0.2, 0.25) is 10.0 Å². The van der Waals surface area contributed by atoms with Crippen LogP contribution < -0.4 is 0 Å². The number of rotatable bonds is 4. The zero-order valence-electron chi connectivity index (χ0n) is 12.0. The third kappa shape index (κ3) is 3.18. The molecule has 0 amide bonds. The summed E-state index contributed by atoms with van der Waals surface area (Å²) in [5.74, 6) is 0.736. The maximum absolute atomic E-state index is 12.1. The second kappa shape index (κ2) is 5.63. The Balaban J connectivity index is 2.25. The highest BCUT2D eigenvalue weighted by Crippen LogP contribution is 2.25. The van der Waals surface area contributed by atoms with Gasteiger partial charge in [-0.25, -0.2) is 8.42 Å². The molecule has 19 heavy (non-hydrogen) atoms. The van der Waals surface area contributed by atoms with E-state index in [1.54, 1.807) is 4.31 Å². The highest BCUT2D eigenvalue weighted by Gasteiger charge is 2.26. The molecule has 4 heteroatoms. The highest BCUT2D eigenvalue weighted by molar-refractivity contribution is 7.89. The molecule has 106 valence electrons. The van der Waals surface area contributed by atoms with Gasteiger partial charge in [-0.05, 0) is 35.4 Å². The van der Waals surface area contributed by atoms with Crippen LogP contribution in [0.15, 0.2) is 18.2 Å². The fraction of sp³-hybridized carbons (Fsp3) is 0.600. The van der Waals surface area contributed by atoms with Crippen molar-refractivity contribution in [2.24, 2.45) is 0 Å². The van der Waals surface area contributed by atoms with E-state index < -0.39 is 10.0 Å². The summed E-state index contributed by atoms with van der Waals surface area (Å²) in [4.78, 5) is 0. The average Bonchev–Trinajstić information content (AvgIpc) is 2.37. The van der Waals surface area contributed by atoms with Crippen molar-refractivity contribution in [2.45, 2.75) is 46.1 Å². The van der Waals surface area contributed by atoms with E-state index in [-0.39, 0.29) is 5.75 Å². The van der Waals surface area contributed by atoms with E-state index in [4.69, 9.17) is 0 Å². The zero-order valence-corrected chi connectivity index (χ0v) is 12.8. The van der Waals surface area contributed by atoms with Crippen molar-refractivity contribution in [2.75, 3.05) is 12.3 Å². The van der Waals surface area contributed by atoms with E-state index in [2.05, 4.69) is 32.0 Å². The summed E-state index contributed by atoms with van der Waals surface area (Å²) >= 11 is 0. The maximum atomic E-state index is 12.1. The Kier molecular flexibility index (Phi) is 4.31. The normalized spacial score (nSPS) is 16.6. The molecule has 1 aliphatic heterocycles. The molecular weight excluding hydrogens is 258 g/mol. The van der Waals surface area contributed by atoms with Gasteiger partial charge in [-0.1, -0.05) is 39.0 Å². The highest BCUT2D eigenvalue weighted by atomic mass is 32.2. The van der Waals surface area contributed by atoms with Gasteiger partial charge in [0, 0.05) is 13.1 Å². The van der Waals surface area contributed by atoms with E-state index in [0.717, 1.165) is 6.42 Å². The van der Waals surface area contributed by atoms with Crippen molar-refractivity contribution in [1.82, 2.24) is 4.31 Å². The van der Waals surface area contributed by atoms with Crippen LogP contribution in [-0.2, 0) is 23.0 Å². The molecule has 0 atom stereocenters. The van der Waals surface area contributed by atoms with Crippen LogP contribution in [0.2, 0.25) is 0 Å². The molecule has 0 unspecified atom stereocenters. The van der Waals surface area contributed by atoms with E-state index in [1.807, 2.05) is 6.92 Å². The van der Waals surface area contributed by atoms with Crippen molar-refractivity contribution in [3.8, 4) is 0 Å². The molecule has 0 bridgehead atoms. The Bertz CT molecular complexity index is 549. The first-order valence-corrected chi connectivity index (χ1v) is 8.64. The van der Waals surface area contributed by atoms with E-state index in [9.17, 15) is 8.42 Å². The lowest BCUT2D eigenvalue weighted by Gasteiger charge is -2.28. The van der Waals surface area contributed by atoms with Crippen molar-refractivity contribution < 1.29 is 8.42 Å². The maximum Gasteiger partial charge on any atom is 0.214 e. The van der Waals surface area contributed by atoms with Gasteiger partial charge < -0.3 is 0 Å². The quantitative estimate of drug-likeness (QED) is 0.851. The molecule has 0 N–H and O–H groups in total. The Morgan fingerprint density at radius 1 is 1.26 bits per heavy atom. The third-order valence-corrected chi connectivity index (χ3v) is 5.75. The molecule has 0 aliphatic carbocycles. The van der Waals surface area contributed by atoms with Crippen LogP contribution in [0.4, 0.5) is 0 Å². The fourth-order valence-corrected chi connectivity index (χ4v) is 4.01. The third-order valence-electron chi connectivity index (χ3n) is 3.73. The van der Waals surface area contributed by atoms with Crippen molar-refractivity contribution >= 4 is 10.0 Å². The molecule has 0 fully saturated rings. The molecule has 3 nitrogen and oxygen atoms in total. The molecule has 0 radical (unpaired) electrons. The first-order valence-electron chi connectivity index (χ1n) is 7.03. The Labute approximate surface area is 116 Å². The lowest BCUT2D eigenvalue weighted by atomic mass is 9.94. The lowest BCUT2D eigenvalue weighted by Crippen LogP contribution is -2.37. The number of fused-ring (bicyclic) bond motifs is 1. The zero-order chi connectivity index (χ0) is 14.0. The largest absolute Gasteiger partial charge is 0.214 e. The van der Waals surface area contributed by atoms with Crippen LogP contribution in [0.5, 0.6) is 0 Å². The monoisotopic (exact) mass is 281 g/mol. The van der Waals surface area contributed by atoms with E-state index >= 15 is 0 Å². The van der Waals surface area contributed by atoms with Gasteiger partial charge >= 0.3 is 0 Å². The summed E-state index contributed by atoms with van der Waals surface area (Å²) in [6.07, 6.45) is 1.51. The van der Waals surface area contributed by atoms with Crippen molar-refractivity contribution in [1.29, 1.82) is 0 Å². The predicted octanol–water partition coefficient (Wildman–Crippen LogP) is 2.91. The SMILES string of the molecule is CCCS(=O)(=O)N1CCc2ccc(C(C)C)cc2C1. The van der Waals surface area contributed by atoms with E-state index in [1.165, 1.54) is 16.7 Å². The number of sulfonamides is 1. The van der Waals surface area contributed by atoms with Crippen molar-refractivity contribution in [3.05, 3.63) is 34.9 Å². The van der Waals surface area contributed by atoms with Crippen LogP contribution in [0.25, 0.3) is 0 Å². The van der Waals surface area contributed by atoms with Crippen LogP contribution >= 0.6 is 0 Å². The molecule has 1 heterocycles. The minimum absolute atomic E-state index is 0.256. The minimum Gasteiger partial charge on any atom is -0.212 e. The molecule has 0 saturated heterocycles. The number of hydrogen-bond acceptors (Lipinski definition) is 2. The van der Waals surface area contributed by atoms with Gasteiger partial charge in [0.15, 0.2) is 0 Å². The summed E-state index contributed by atoms with van der Waals surface area (Å²) in [5, 5.41) is 0. The molecule has 1 aromatic rings. The molecule has 0 saturated carbocycles. The number of nitrogens with zero attached hydrogens (tertiary/aromatic N) is 1. The van der Waals surface area contributed by atoms with Gasteiger partial charge in [-0.15, -0.1) is 0 Å². The van der Waals surface area contributed by atoms with Gasteiger partial charge in [-0.3, -0.25) is 0 Å². The Morgan fingerprint density at radius 2 is 2.00 bits per heavy atom. The molecule has 2 rings (SSSR count). The second-order valence-corrected chi connectivity index (χ2v) is 7.67. The standard InChI is InChI=1S/C15H23NO2S/c1-4-9-19(17,18)16-8-7-13-5-6-14(12(2)3)10-15(13)11-16/h5-6,10,12H,4,7-9,11H2,1-3H3. The smallest absolute Gasteiger partial charge is 0.212 e. The average molecular weight is 281 g/mol. The van der Waals surface area contributed by atoms with Gasteiger partial charge in [0.1, 0.15) is 0 Å².